The predicted octanol–water partition coefficient (Wildman–Crippen LogP) is 1.69. The molecule has 0 aliphatic carbocycles. The van der Waals surface area contributed by atoms with Crippen molar-refractivity contribution < 1.29 is 17.9 Å². The van der Waals surface area contributed by atoms with Crippen molar-refractivity contribution in [1.29, 1.82) is 0 Å². The summed E-state index contributed by atoms with van der Waals surface area (Å²) >= 11 is 0. The molecule has 1 aromatic rings. The maximum atomic E-state index is 12.3. The molecule has 0 aromatic heterocycles. The van der Waals surface area contributed by atoms with Gasteiger partial charge in [-0.2, -0.15) is 0 Å². The van der Waals surface area contributed by atoms with Gasteiger partial charge in [0.25, 0.3) is 0 Å². The zero-order valence-electron chi connectivity index (χ0n) is 13.7. The lowest BCUT2D eigenvalue weighted by Crippen LogP contribution is -2.33. The molecular formula is C16H24N2O4S. The number of rotatable bonds is 7. The molecule has 1 aliphatic rings. The summed E-state index contributed by atoms with van der Waals surface area (Å²) in [7, 11) is -1.89. The third kappa shape index (κ3) is 4.53. The number of nitrogens with one attached hydrogen (secondary N) is 1. The smallest absolute Gasteiger partial charge is 0.240 e. The van der Waals surface area contributed by atoms with Gasteiger partial charge in [0.2, 0.25) is 15.9 Å². The summed E-state index contributed by atoms with van der Waals surface area (Å²) < 4.78 is 32.2. The molecule has 0 unspecified atom stereocenters. The number of hydrogen-bond acceptors (Lipinski definition) is 4. The van der Waals surface area contributed by atoms with Crippen LogP contribution in [0.2, 0.25) is 0 Å². The summed E-state index contributed by atoms with van der Waals surface area (Å²) in [4.78, 5) is 13.6. The lowest BCUT2D eigenvalue weighted by Gasteiger charge is -2.28. The van der Waals surface area contributed by atoms with Crippen LogP contribution in [0, 0.1) is 0 Å². The Hall–Kier alpha value is -1.44. The number of sulfonamides is 1. The molecule has 128 valence electrons. The van der Waals surface area contributed by atoms with Gasteiger partial charge in [-0.3, -0.25) is 4.79 Å². The van der Waals surface area contributed by atoms with Crippen molar-refractivity contribution in [2.24, 2.45) is 0 Å². The van der Waals surface area contributed by atoms with Crippen LogP contribution in [0.4, 0.5) is 5.69 Å². The predicted molar refractivity (Wildman–Crippen MR) is 89.1 cm³/mol. The first kappa shape index (κ1) is 17.9. The molecule has 6 nitrogen and oxygen atoms in total. The minimum Gasteiger partial charge on any atom is -0.385 e. The number of unbranched alkanes of at least 4 members (excludes halogenated alkanes) is 1. The van der Waals surface area contributed by atoms with Gasteiger partial charge in [0, 0.05) is 39.4 Å². The first-order chi connectivity index (χ1) is 11.0. The quantitative estimate of drug-likeness (QED) is 0.767. The van der Waals surface area contributed by atoms with Gasteiger partial charge in [0.1, 0.15) is 0 Å². The maximum absolute atomic E-state index is 12.3. The average Bonchev–Trinajstić information content (AvgIpc) is 2.53. The van der Waals surface area contributed by atoms with Crippen LogP contribution in [0.1, 0.15) is 31.7 Å². The zero-order chi connectivity index (χ0) is 16.9. The second-order valence-corrected chi connectivity index (χ2v) is 7.43. The number of benzene rings is 1. The number of amides is 1. The Balaban J connectivity index is 2.10. The van der Waals surface area contributed by atoms with Crippen molar-refractivity contribution in [3.05, 3.63) is 23.8 Å². The third-order valence-corrected chi connectivity index (χ3v) is 5.39. The highest BCUT2D eigenvalue weighted by atomic mass is 32.2. The first-order valence-electron chi connectivity index (χ1n) is 7.85. The molecule has 1 aliphatic heterocycles. The van der Waals surface area contributed by atoms with Crippen LogP contribution in [-0.2, 0) is 26.0 Å². The fourth-order valence-electron chi connectivity index (χ4n) is 2.73. The summed E-state index contributed by atoms with van der Waals surface area (Å²) in [5, 5.41) is 0. The van der Waals surface area contributed by atoms with E-state index < -0.39 is 10.0 Å². The lowest BCUT2D eigenvalue weighted by atomic mass is 10.0. The molecule has 1 aromatic carbocycles. The summed E-state index contributed by atoms with van der Waals surface area (Å²) in [6, 6.07) is 4.98. The van der Waals surface area contributed by atoms with E-state index in [4.69, 9.17) is 4.74 Å². The van der Waals surface area contributed by atoms with E-state index in [0.29, 0.717) is 19.7 Å². The van der Waals surface area contributed by atoms with Crippen molar-refractivity contribution in [2.45, 2.75) is 37.5 Å². The molecule has 0 atom stereocenters. The van der Waals surface area contributed by atoms with Gasteiger partial charge < -0.3 is 9.64 Å². The molecule has 23 heavy (non-hydrogen) atoms. The van der Waals surface area contributed by atoms with Crippen LogP contribution in [0.3, 0.4) is 0 Å². The van der Waals surface area contributed by atoms with Gasteiger partial charge >= 0.3 is 0 Å². The molecule has 0 saturated carbocycles. The SMILES string of the molecule is COCCCCNS(=O)(=O)c1ccc2c(c1)CCCN2C(C)=O. The highest BCUT2D eigenvalue weighted by Crippen LogP contribution is 2.29. The molecule has 0 radical (unpaired) electrons. The summed E-state index contributed by atoms with van der Waals surface area (Å²) in [5.41, 5.74) is 1.73. The summed E-state index contributed by atoms with van der Waals surface area (Å²) in [6.07, 6.45) is 3.18. The minimum atomic E-state index is -3.51. The molecular weight excluding hydrogens is 316 g/mol. The fraction of sp³-hybridized carbons (Fsp3) is 0.562. The van der Waals surface area contributed by atoms with Crippen molar-refractivity contribution in [2.75, 3.05) is 31.7 Å². The largest absolute Gasteiger partial charge is 0.385 e. The van der Waals surface area contributed by atoms with Crippen molar-refractivity contribution in [3.63, 3.8) is 0 Å². The number of carbonyl (C=O) groups is 1. The van der Waals surface area contributed by atoms with E-state index >= 15 is 0 Å². The van der Waals surface area contributed by atoms with Gasteiger partial charge in [0.05, 0.1) is 4.90 Å². The van der Waals surface area contributed by atoms with E-state index in [0.717, 1.165) is 36.9 Å². The Morgan fingerprint density at radius 2 is 2.13 bits per heavy atom. The van der Waals surface area contributed by atoms with Crippen LogP contribution in [-0.4, -0.2) is 41.1 Å². The van der Waals surface area contributed by atoms with E-state index in [1.165, 1.54) is 6.92 Å². The van der Waals surface area contributed by atoms with Crippen LogP contribution < -0.4 is 9.62 Å². The van der Waals surface area contributed by atoms with E-state index in [-0.39, 0.29) is 10.8 Å². The second kappa shape index (κ2) is 7.90. The number of hydrogen-bond donors (Lipinski definition) is 1. The Labute approximate surface area is 137 Å². The molecule has 7 heteroatoms. The average molecular weight is 340 g/mol. The number of methoxy groups -OCH3 is 1. The number of nitrogens with zero attached hydrogens (tertiary/aromatic N) is 1. The van der Waals surface area contributed by atoms with Gasteiger partial charge in [-0.25, -0.2) is 13.1 Å². The third-order valence-electron chi connectivity index (χ3n) is 3.93. The number of fused-ring (bicyclic) bond motifs is 1. The van der Waals surface area contributed by atoms with E-state index in [1.807, 2.05) is 0 Å². The van der Waals surface area contributed by atoms with E-state index in [2.05, 4.69) is 4.72 Å². The van der Waals surface area contributed by atoms with Gasteiger partial charge in [-0.1, -0.05) is 0 Å². The maximum Gasteiger partial charge on any atom is 0.240 e. The number of carbonyl (C=O) groups excluding carboxylic acids is 1. The lowest BCUT2D eigenvalue weighted by molar-refractivity contribution is -0.116. The summed E-state index contributed by atoms with van der Waals surface area (Å²) in [5.74, 6) is -0.0159. The standard InChI is InChI=1S/C16H24N2O4S/c1-13(19)18-10-5-6-14-12-15(7-8-16(14)18)23(20,21)17-9-3-4-11-22-2/h7-8,12,17H,3-6,9-11H2,1-2H3. The van der Waals surface area contributed by atoms with Crippen LogP contribution in [0.5, 0.6) is 0 Å². The first-order valence-corrected chi connectivity index (χ1v) is 9.33. The number of ether oxygens (including phenoxy) is 1. The zero-order valence-corrected chi connectivity index (χ0v) is 14.5. The minimum absolute atomic E-state index is 0.0159. The molecule has 1 N–H and O–H groups in total. The number of aryl methyl sites for hydroxylation is 1. The van der Waals surface area contributed by atoms with Crippen LogP contribution in [0.15, 0.2) is 23.1 Å². The van der Waals surface area contributed by atoms with Crippen LogP contribution >= 0.6 is 0 Å². The normalized spacial score (nSPS) is 14.6. The highest BCUT2D eigenvalue weighted by Gasteiger charge is 2.22. The Morgan fingerprint density at radius 1 is 1.35 bits per heavy atom. The summed E-state index contributed by atoms with van der Waals surface area (Å²) in [6.45, 7) is 3.23. The van der Waals surface area contributed by atoms with E-state index in [9.17, 15) is 13.2 Å². The molecule has 0 fully saturated rings. The fourth-order valence-corrected chi connectivity index (χ4v) is 3.85. The molecule has 2 rings (SSSR count). The Morgan fingerprint density at radius 3 is 2.83 bits per heavy atom. The molecule has 1 heterocycles. The Kier molecular flexibility index (Phi) is 6.15. The molecule has 1 amide bonds. The molecule has 0 spiro atoms. The Bertz CT molecular complexity index is 658. The molecule has 0 saturated heterocycles. The van der Waals surface area contributed by atoms with Crippen LogP contribution in [0.25, 0.3) is 0 Å². The van der Waals surface area contributed by atoms with Crippen molar-refractivity contribution in [3.8, 4) is 0 Å². The second-order valence-electron chi connectivity index (χ2n) is 5.66. The topological polar surface area (TPSA) is 75.7 Å². The van der Waals surface area contributed by atoms with Crippen molar-refractivity contribution >= 4 is 21.6 Å². The van der Waals surface area contributed by atoms with E-state index in [1.54, 1.807) is 30.2 Å². The van der Waals surface area contributed by atoms with Crippen molar-refractivity contribution in [1.82, 2.24) is 4.72 Å². The number of anilines is 1. The van der Waals surface area contributed by atoms with Gasteiger partial charge in [-0.15, -0.1) is 0 Å². The highest BCUT2D eigenvalue weighted by molar-refractivity contribution is 7.89. The molecule has 0 bridgehead atoms. The van der Waals surface area contributed by atoms with Gasteiger partial charge in [-0.05, 0) is 49.4 Å². The monoisotopic (exact) mass is 340 g/mol. The van der Waals surface area contributed by atoms with Gasteiger partial charge in [0.15, 0.2) is 0 Å².